The van der Waals surface area contributed by atoms with Gasteiger partial charge in [0.2, 0.25) is 5.95 Å². The van der Waals surface area contributed by atoms with E-state index in [1.807, 2.05) is 33.8 Å². The normalized spacial score (nSPS) is 19.4. The molecule has 1 spiro atoms. The van der Waals surface area contributed by atoms with Gasteiger partial charge in [0.25, 0.3) is 0 Å². The van der Waals surface area contributed by atoms with Crippen molar-refractivity contribution >= 4 is 28.0 Å². The standard InChI is InChI=1S/C24H28BrN5O2/c1-15-20(25)18(14-26)28-21(27-15)30-11-9-24(10-12-30)17-8-6-5-7-16(17)13-19(24)32-22(31)29-23(2,3)4/h5-8,19H,9-13H2,1-4H3,(H,29,31)/t19-/m1/s1. The molecule has 1 aromatic carbocycles. The van der Waals surface area contributed by atoms with Crippen LogP contribution in [-0.4, -0.2) is 40.8 Å². The molecule has 1 atom stereocenters. The third-order valence-corrected chi connectivity index (χ3v) is 7.30. The van der Waals surface area contributed by atoms with E-state index in [4.69, 9.17) is 4.74 Å². The molecule has 8 heteroatoms. The van der Waals surface area contributed by atoms with Gasteiger partial charge in [0.05, 0.1) is 10.2 Å². The molecule has 0 saturated carbocycles. The molecule has 1 aliphatic heterocycles. The van der Waals surface area contributed by atoms with Gasteiger partial charge in [0, 0.05) is 30.5 Å². The Hall–Kier alpha value is -2.66. The zero-order valence-electron chi connectivity index (χ0n) is 18.9. The first-order chi connectivity index (χ1) is 15.1. The molecule has 1 amide bonds. The summed E-state index contributed by atoms with van der Waals surface area (Å²) in [7, 11) is 0. The van der Waals surface area contributed by atoms with Crippen LogP contribution in [0.1, 0.15) is 56.1 Å². The third kappa shape index (κ3) is 4.18. The summed E-state index contributed by atoms with van der Waals surface area (Å²) in [5.41, 5.74) is 3.03. The Kier molecular flexibility index (Phi) is 5.89. The highest BCUT2D eigenvalue weighted by Gasteiger charge is 2.50. The van der Waals surface area contributed by atoms with E-state index >= 15 is 0 Å². The lowest BCUT2D eigenvalue weighted by Crippen LogP contribution is -2.51. The number of anilines is 1. The predicted octanol–water partition coefficient (Wildman–Crippen LogP) is 4.41. The number of nitrogens with zero attached hydrogens (tertiary/aromatic N) is 4. The number of aryl methyl sites for hydroxylation is 1. The van der Waals surface area contributed by atoms with E-state index in [1.165, 1.54) is 11.1 Å². The number of aromatic nitrogens is 2. The first kappa shape index (κ1) is 22.5. The fourth-order valence-corrected chi connectivity index (χ4v) is 5.09. The lowest BCUT2D eigenvalue weighted by atomic mass is 9.72. The van der Waals surface area contributed by atoms with Crippen molar-refractivity contribution in [2.45, 2.75) is 64.0 Å². The maximum absolute atomic E-state index is 12.6. The number of carbonyl (C=O) groups is 1. The summed E-state index contributed by atoms with van der Waals surface area (Å²) >= 11 is 3.40. The van der Waals surface area contributed by atoms with Crippen molar-refractivity contribution < 1.29 is 9.53 Å². The minimum absolute atomic E-state index is 0.216. The lowest BCUT2D eigenvalue weighted by Gasteiger charge is -2.43. The van der Waals surface area contributed by atoms with Crippen molar-refractivity contribution in [2.75, 3.05) is 18.0 Å². The van der Waals surface area contributed by atoms with Crippen LogP contribution in [0.15, 0.2) is 28.7 Å². The number of benzene rings is 1. The average molecular weight is 498 g/mol. The Bertz CT molecular complexity index is 1080. The average Bonchev–Trinajstić information content (AvgIpc) is 3.02. The summed E-state index contributed by atoms with van der Waals surface area (Å²) in [5, 5.41) is 12.3. The summed E-state index contributed by atoms with van der Waals surface area (Å²) in [4.78, 5) is 23.8. The van der Waals surface area contributed by atoms with Gasteiger partial charge in [-0.25, -0.2) is 14.8 Å². The van der Waals surface area contributed by atoms with E-state index in [0.29, 0.717) is 16.1 Å². The minimum Gasteiger partial charge on any atom is -0.445 e. The van der Waals surface area contributed by atoms with Crippen LogP contribution in [0.3, 0.4) is 0 Å². The second kappa shape index (κ2) is 8.36. The monoisotopic (exact) mass is 497 g/mol. The van der Waals surface area contributed by atoms with Gasteiger partial charge in [0.15, 0.2) is 5.69 Å². The summed E-state index contributed by atoms with van der Waals surface area (Å²) in [5.74, 6) is 0.575. The molecule has 1 aliphatic carbocycles. The number of ether oxygens (including phenoxy) is 1. The van der Waals surface area contributed by atoms with Gasteiger partial charge in [-0.2, -0.15) is 5.26 Å². The third-order valence-electron chi connectivity index (χ3n) is 6.35. The summed E-state index contributed by atoms with van der Waals surface area (Å²) in [6.45, 7) is 9.15. The highest BCUT2D eigenvalue weighted by Crippen LogP contribution is 2.48. The van der Waals surface area contributed by atoms with Crippen LogP contribution in [0.4, 0.5) is 10.7 Å². The van der Waals surface area contributed by atoms with E-state index in [2.05, 4.69) is 60.4 Å². The summed E-state index contributed by atoms with van der Waals surface area (Å²) < 4.78 is 6.67. The molecular weight excluding hydrogens is 470 g/mol. The largest absolute Gasteiger partial charge is 0.445 e. The number of alkyl carbamates (subject to hydrolysis) is 1. The van der Waals surface area contributed by atoms with Gasteiger partial charge in [-0.05, 0) is 67.6 Å². The molecule has 2 aromatic rings. The molecule has 7 nitrogen and oxygen atoms in total. The maximum Gasteiger partial charge on any atom is 0.407 e. The molecule has 0 bridgehead atoms. The van der Waals surface area contributed by atoms with Crippen molar-refractivity contribution in [3.8, 4) is 6.07 Å². The smallest absolute Gasteiger partial charge is 0.407 e. The van der Waals surface area contributed by atoms with Gasteiger partial charge in [0.1, 0.15) is 12.2 Å². The van der Waals surface area contributed by atoms with E-state index in [1.54, 1.807) is 0 Å². The molecule has 32 heavy (non-hydrogen) atoms. The molecule has 2 heterocycles. The number of amides is 1. The van der Waals surface area contributed by atoms with Gasteiger partial charge < -0.3 is 15.0 Å². The number of rotatable bonds is 2. The number of carbonyl (C=O) groups excluding carboxylic acids is 1. The van der Waals surface area contributed by atoms with Crippen LogP contribution in [0.2, 0.25) is 0 Å². The second-order valence-corrected chi connectivity index (χ2v) is 10.4. The highest BCUT2D eigenvalue weighted by molar-refractivity contribution is 9.10. The fraction of sp³-hybridized carbons (Fsp3) is 0.500. The van der Waals surface area contributed by atoms with Gasteiger partial charge in [-0.1, -0.05) is 24.3 Å². The van der Waals surface area contributed by atoms with Crippen LogP contribution >= 0.6 is 15.9 Å². The molecule has 2 aliphatic rings. The number of nitriles is 1. The first-order valence-corrected chi connectivity index (χ1v) is 11.7. The minimum atomic E-state index is -0.373. The Morgan fingerprint density at radius 2 is 1.97 bits per heavy atom. The topological polar surface area (TPSA) is 91.1 Å². The lowest BCUT2D eigenvalue weighted by molar-refractivity contribution is 0.0397. The molecule has 0 radical (unpaired) electrons. The quantitative estimate of drug-likeness (QED) is 0.660. The van der Waals surface area contributed by atoms with Crippen molar-refractivity contribution in [1.29, 1.82) is 5.26 Å². The zero-order chi connectivity index (χ0) is 23.1. The summed E-state index contributed by atoms with van der Waals surface area (Å²) in [6.07, 6.45) is 1.77. The number of nitrogens with one attached hydrogen (secondary N) is 1. The molecule has 1 N–H and O–H groups in total. The number of piperidine rings is 1. The van der Waals surface area contributed by atoms with Crippen LogP contribution < -0.4 is 10.2 Å². The maximum atomic E-state index is 12.6. The van der Waals surface area contributed by atoms with Gasteiger partial charge in [-0.15, -0.1) is 0 Å². The first-order valence-electron chi connectivity index (χ1n) is 10.9. The van der Waals surface area contributed by atoms with Crippen molar-refractivity contribution in [3.05, 3.63) is 51.3 Å². The Balaban J connectivity index is 1.58. The van der Waals surface area contributed by atoms with Crippen molar-refractivity contribution in [2.24, 2.45) is 0 Å². The van der Waals surface area contributed by atoms with E-state index in [-0.39, 0.29) is 23.2 Å². The molecule has 168 valence electrons. The molecule has 1 aromatic heterocycles. The fourth-order valence-electron chi connectivity index (χ4n) is 4.83. The number of hydrogen-bond donors (Lipinski definition) is 1. The van der Waals surface area contributed by atoms with E-state index in [0.717, 1.165) is 38.0 Å². The molecular formula is C24H28BrN5O2. The van der Waals surface area contributed by atoms with Crippen LogP contribution in [0.25, 0.3) is 0 Å². The summed E-state index contributed by atoms with van der Waals surface area (Å²) in [6, 6.07) is 10.5. The Labute approximate surface area is 197 Å². The Morgan fingerprint density at radius 1 is 1.28 bits per heavy atom. The highest BCUT2D eigenvalue weighted by atomic mass is 79.9. The van der Waals surface area contributed by atoms with Crippen molar-refractivity contribution in [3.63, 3.8) is 0 Å². The van der Waals surface area contributed by atoms with Crippen LogP contribution in [0.5, 0.6) is 0 Å². The zero-order valence-corrected chi connectivity index (χ0v) is 20.5. The molecule has 1 fully saturated rings. The second-order valence-electron chi connectivity index (χ2n) is 9.66. The number of hydrogen-bond acceptors (Lipinski definition) is 6. The van der Waals surface area contributed by atoms with Crippen LogP contribution in [0, 0.1) is 18.3 Å². The Morgan fingerprint density at radius 3 is 2.62 bits per heavy atom. The van der Waals surface area contributed by atoms with Crippen molar-refractivity contribution in [1.82, 2.24) is 15.3 Å². The molecule has 1 saturated heterocycles. The SMILES string of the molecule is Cc1nc(N2CCC3(CC2)c2ccccc2C[C@H]3OC(=O)NC(C)(C)C)nc(C#N)c1Br. The van der Waals surface area contributed by atoms with Gasteiger partial charge >= 0.3 is 6.09 Å². The van der Waals surface area contributed by atoms with Gasteiger partial charge in [-0.3, -0.25) is 0 Å². The molecule has 0 unspecified atom stereocenters. The van der Waals surface area contributed by atoms with Crippen LogP contribution in [-0.2, 0) is 16.6 Å². The number of halogens is 1. The van der Waals surface area contributed by atoms with E-state index < -0.39 is 0 Å². The van der Waals surface area contributed by atoms with E-state index in [9.17, 15) is 10.1 Å². The molecule has 4 rings (SSSR count). The number of fused-ring (bicyclic) bond motifs is 2. The predicted molar refractivity (Wildman–Crippen MR) is 126 cm³/mol.